The summed E-state index contributed by atoms with van der Waals surface area (Å²) in [4.78, 5) is 6.89. The zero-order chi connectivity index (χ0) is 11.8. The van der Waals surface area contributed by atoms with Crippen molar-refractivity contribution in [3.63, 3.8) is 0 Å². The van der Waals surface area contributed by atoms with Gasteiger partial charge in [-0.05, 0) is 38.1 Å². The lowest BCUT2D eigenvalue weighted by Gasteiger charge is -2.09. The molecule has 2 N–H and O–H groups in total. The van der Waals surface area contributed by atoms with Crippen LogP contribution >= 0.6 is 0 Å². The second kappa shape index (κ2) is 4.04. The summed E-state index contributed by atoms with van der Waals surface area (Å²) >= 11 is 0. The van der Waals surface area contributed by atoms with Crippen LogP contribution in [0.1, 0.15) is 12.2 Å². The zero-order valence-electron chi connectivity index (χ0n) is 10.1. The van der Waals surface area contributed by atoms with Crippen molar-refractivity contribution >= 4 is 11.2 Å². The summed E-state index contributed by atoms with van der Waals surface area (Å²) in [7, 11) is 2.18. The van der Waals surface area contributed by atoms with E-state index in [1.54, 1.807) is 0 Å². The van der Waals surface area contributed by atoms with Gasteiger partial charge in [0, 0.05) is 19.2 Å². The Bertz CT molecular complexity index is 531. The normalized spacial score (nSPS) is 21.4. The first-order valence-corrected chi connectivity index (χ1v) is 6.13. The summed E-state index contributed by atoms with van der Waals surface area (Å²) < 4.78 is 2.12. The van der Waals surface area contributed by atoms with E-state index in [2.05, 4.69) is 21.3 Å². The van der Waals surface area contributed by atoms with Crippen LogP contribution in [0, 0.1) is 5.92 Å². The highest BCUT2D eigenvalue weighted by Gasteiger charge is 2.21. The van der Waals surface area contributed by atoms with Crippen LogP contribution in [-0.2, 0) is 6.42 Å². The Morgan fingerprint density at radius 1 is 1.53 bits per heavy atom. The zero-order valence-corrected chi connectivity index (χ0v) is 10.1. The molecule has 90 valence electrons. The van der Waals surface area contributed by atoms with E-state index in [1.165, 1.54) is 19.5 Å². The third kappa shape index (κ3) is 1.89. The second-order valence-electron chi connectivity index (χ2n) is 5.01. The molecule has 17 heavy (non-hydrogen) atoms. The van der Waals surface area contributed by atoms with Crippen LogP contribution in [0.5, 0.6) is 0 Å². The molecular formula is C13H18N4. The van der Waals surface area contributed by atoms with Crippen LogP contribution in [0.3, 0.4) is 0 Å². The smallest absolute Gasteiger partial charge is 0.113 e. The molecule has 0 spiro atoms. The van der Waals surface area contributed by atoms with E-state index in [0.29, 0.717) is 0 Å². The van der Waals surface area contributed by atoms with Crippen LogP contribution < -0.4 is 5.73 Å². The maximum absolute atomic E-state index is 5.93. The van der Waals surface area contributed by atoms with E-state index >= 15 is 0 Å². The second-order valence-corrected chi connectivity index (χ2v) is 5.01. The van der Waals surface area contributed by atoms with Crippen LogP contribution in [-0.4, -0.2) is 34.4 Å². The summed E-state index contributed by atoms with van der Waals surface area (Å²) in [6, 6.07) is 3.90. The van der Waals surface area contributed by atoms with Gasteiger partial charge >= 0.3 is 0 Å². The van der Waals surface area contributed by atoms with Crippen molar-refractivity contribution in [2.45, 2.75) is 12.8 Å². The highest BCUT2D eigenvalue weighted by atomic mass is 15.1. The molecule has 0 bridgehead atoms. The average molecular weight is 230 g/mol. The molecule has 0 aromatic carbocycles. The summed E-state index contributed by atoms with van der Waals surface area (Å²) in [6.45, 7) is 2.38. The minimum Gasteiger partial charge on any atom is -0.397 e. The maximum atomic E-state index is 5.93. The Balaban J connectivity index is 1.88. The fourth-order valence-corrected chi connectivity index (χ4v) is 2.70. The van der Waals surface area contributed by atoms with Crippen LogP contribution in [0.25, 0.3) is 5.52 Å². The van der Waals surface area contributed by atoms with Gasteiger partial charge in [-0.1, -0.05) is 0 Å². The molecule has 1 saturated heterocycles. The van der Waals surface area contributed by atoms with Gasteiger partial charge in [0.25, 0.3) is 0 Å². The van der Waals surface area contributed by atoms with E-state index in [9.17, 15) is 0 Å². The van der Waals surface area contributed by atoms with Gasteiger partial charge in [-0.15, -0.1) is 0 Å². The molecule has 1 fully saturated rings. The summed E-state index contributed by atoms with van der Waals surface area (Å²) in [6.07, 6.45) is 6.24. The first-order valence-electron chi connectivity index (χ1n) is 6.13. The van der Waals surface area contributed by atoms with Gasteiger partial charge in [0.2, 0.25) is 0 Å². The molecule has 3 rings (SSSR count). The van der Waals surface area contributed by atoms with Crippen molar-refractivity contribution in [1.82, 2.24) is 14.3 Å². The standard InChI is InChI=1S/C13H18N4/c1-16-6-4-10(9-16)7-13-15-8-12-11(14)3-2-5-17(12)13/h2-3,5,8,10H,4,6-7,9,14H2,1H3. The number of hydrogen-bond acceptors (Lipinski definition) is 3. The lowest BCUT2D eigenvalue weighted by atomic mass is 10.0. The molecule has 1 aliphatic heterocycles. The molecule has 4 heteroatoms. The Morgan fingerprint density at radius 2 is 2.41 bits per heavy atom. The van der Waals surface area contributed by atoms with Gasteiger partial charge in [-0.25, -0.2) is 4.98 Å². The topological polar surface area (TPSA) is 46.6 Å². The molecule has 2 aromatic heterocycles. The quantitative estimate of drug-likeness (QED) is 0.848. The predicted molar refractivity (Wildman–Crippen MR) is 68.9 cm³/mol. The molecule has 1 unspecified atom stereocenters. The van der Waals surface area contributed by atoms with Gasteiger partial charge in [0.1, 0.15) is 5.82 Å². The molecule has 4 nitrogen and oxygen atoms in total. The molecule has 3 heterocycles. The van der Waals surface area contributed by atoms with E-state index in [4.69, 9.17) is 5.73 Å². The van der Waals surface area contributed by atoms with Crippen molar-refractivity contribution in [1.29, 1.82) is 0 Å². The Morgan fingerprint density at radius 3 is 3.18 bits per heavy atom. The molecule has 0 saturated carbocycles. The van der Waals surface area contributed by atoms with Gasteiger partial charge in [0.05, 0.1) is 17.4 Å². The Labute approximate surface area is 101 Å². The van der Waals surface area contributed by atoms with Crippen LogP contribution in [0.15, 0.2) is 24.5 Å². The first kappa shape index (κ1) is 10.6. The minimum absolute atomic E-state index is 0.729. The van der Waals surface area contributed by atoms with Crippen LogP contribution in [0.4, 0.5) is 5.69 Å². The lowest BCUT2D eigenvalue weighted by Crippen LogP contribution is -2.15. The summed E-state index contributed by atoms with van der Waals surface area (Å²) in [5.41, 5.74) is 7.75. The van der Waals surface area contributed by atoms with E-state index in [1.807, 2.05) is 24.5 Å². The number of pyridine rings is 1. The van der Waals surface area contributed by atoms with Gasteiger partial charge in [-0.3, -0.25) is 0 Å². The SMILES string of the molecule is CN1CCC(Cc2ncc3c(N)cccn23)C1. The van der Waals surface area contributed by atoms with Crippen molar-refractivity contribution in [2.75, 3.05) is 25.9 Å². The number of hydrogen-bond donors (Lipinski definition) is 1. The van der Waals surface area contributed by atoms with Crippen molar-refractivity contribution in [2.24, 2.45) is 5.92 Å². The molecule has 0 radical (unpaired) electrons. The van der Waals surface area contributed by atoms with Crippen molar-refractivity contribution < 1.29 is 0 Å². The van der Waals surface area contributed by atoms with Gasteiger partial charge in [-0.2, -0.15) is 0 Å². The molecular weight excluding hydrogens is 212 g/mol. The number of rotatable bonds is 2. The molecule has 0 amide bonds. The first-order chi connectivity index (χ1) is 8.24. The lowest BCUT2D eigenvalue weighted by molar-refractivity contribution is 0.392. The number of imidazole rings is 1. The van der Waals surface area contributed by atoms with Crippen molar-refractivity contribution in [3.05, 3.63) is 30.4 Å². The van der Waals surface area contributed by atoms with E-state index in [0.717, 1.165) is 29.4 Å². The Hall–Kier alpha value is -1.55. The fourth-order valence-electron chi connectivity index (χ4n) is 2.70. The fraction of sp³-hybridized carbons (Fsp3) is 0.462. The molecule has 2 aromatic rings. The number of fused-ring (bicyclic) bond motifs is 1. The Kier molecular flexibility index (Phi) is 2.52. The summed E-state index contributed by atoms with van der Waals surface area (Å²) in [5.74, 6) is 1.86. The van der Waals surface area contributed by atoms with Gasteiger partial charge < -0.3 is 15.0 Å². The highest BCUT2D eigenvalue weighted by Crippen LogP contribution is 2.21. The molecule has 0 aliphatic carbocycles. The monoisotopic (exact) mass is 230 g/mol. The molecule has 1 aliphatic rings. The third-order valence-electron chi connectivity index (χ3n) is 3.64. The van der Waals surface area contributed by atoms with Gasteiger partial charge in [0.15, 0.2) is 0 Å². The largest absolute Gasteiger partial charge is 0.397 e. The number of aromatic nitrogens is 2. The van der Waals surface area contributed by atoms with E-state index < -0.39 is 0 Å². The number of nitrogen functional groups attached to an aromatic ring is 1. The van der Waals surface area contributed by atoms with Crippen molar-refractivity contribution in [3.8, 4) is 0 Å². The maximum Gasteiger partial charge on any atom is 0.113 e. The van der Waals surface area contributed by atoms with E-state index in [-0.39, 0.29) is 0 Å². The number of anilines is 1. The predicted octanol–water partition coefficient (Wildman–Crippen LogP) is 1.41. The van der Waals surface area contributed by atoms with Crippen LogP contribution in [0.2, 0.25) is 0 Å². The third-order valence-corrected chi connectivity index (χ3v) is 3.64. The number of nitrogens with two attached hydrogens (primary N) is 1. The highest BCUT2D eigenvalue weighted by molar-refractivity contribution is 5.68. The minimum atomic E-state index is 0.729. The number of likely N-dealkylation sites (tertiary alicyclic amines) is 1. The molecule has 1 atom stereocenters. The average Bonchev–Trinajstić information content (AvgIpc) is 2.88. The summed E-state index contributed by atoms with van der Waals surface area (Å²) in [5, 5.41) is 0. The number of nitrogens with zero attached hydrogens (tertiary/aromatic N) is 3.